The van der Waals surface area contributed by atoms with Crippen molar-refractivity contribution in [2.75, 3.05) is 19.6 Å². The Morgan fingerprint density at radius 3 is 2.65 bits per heavy atom. The van der Waals surface area contributed by atoms with Gasteiger partial charge in [-0.3, -0.25) is 4.79 Å². The van der Waals surface area contributed by atoms with Gasteiger partial charge >= 0.3 is 0 Å². The van der Waals surface area contributed by atoms with Crippen LogP contribution in [0.4, 0.5) is 0 Å². The first kappa shape index (κ1) is 13.1. The molecule has 2 aliphatic carbocycles. The standard InChI is InChI=1S/C17H28N2O/c20-17(15-10-12-5-6-13(15)9-12)19-8-2-4-16(19)14-3-1-7-18-11-14/h12-16,18H,1-11H2. The Hall–Kier alpha value is -0.570. The van der Waals surface area contributed by atoms with Crippen molar-refractivity contribution in [2.24, 2.45) is 23.7 Å². The molecule has 0 aromatic rings. The van der Waals surface area contributed by atoms with E-state index in [1.165, 1.54) is 57.9 Å². The lowest BCUT2D eigenvalue weighted by Crippen LogP contribution is -2.48. The molecule has 3 nitrogen and oxygen atoms in total. The van der Waals surface area contributed by atoms with Crippen molar-refractivity contribution >= 4 is 5.91 Å². The zero-order chi connectivity index (χ0) is 13.5. The van der Waals surface area contributed by atoms with E-state index in [0.717, 1.165) is 24.9 Å². The van der Waals surface area contributed by atoms with Gasteiger partial charge in [0.25, 0.3) is 0 Å². The van der Waals surface area contributed by atoms with Crippen LogP contribution < -0.4 is 5.32 Å². The monoisotopic (exact) mass is 276 g/mol. The van der Waals surface area contributed by atoms with Crippen LogP contribution in [0.2, 0.25) is 0 Å². The summed E-state index contributed by atoms with van der Waals surface area (Å²) in [5.74, 6) is 3.26. The topological polar surface area (TPSA) is 32.3 Å². The molecular formula is C17H28N2O. The third-order valence-corrected chi connectivity index (χ3v) is 6.52. The van der Waals surface area contributed by atoms with Crippen LogP contribution in [0.3, 0.4) is 0 Å². The van der Waals surface area contributed by atoms with Crippen LogP contribution >= 0.6 is 0 Å². The molecule has 0 aromatic carbocycles. The highest BCUT2D eigenvalue weighted by Gasteiger charge is 2.46. The highest BCUT2D eigenvalue weighted by atomic mass is 16.2. The summed E-state index contributed by atoms with van der Waals surface area (Å²) in [6, 6.07) is 0.550. The number of nitrogens with one attached hydrogen (secondary N) is 1. The normalized spacial score (nSPS) is 44.2. The fourth-order valence-electron chi connectivity index (χ4n) is 5.52. The number of rotatable bonds is 2. The molecule has 0 radical (unpaired) electrons. The molecule has 3 heteroatoms. The summed E-state index contributed by atoms with van der Waals surface area (Å²) < 4.78 is 0. The van der Waals surface area contributed by atoms with E-state index < -0.39 is 0 Å². The van der Waals surface area contributed by atoms with E-state index in [-0.39, 0.29) is 0 Å². The molecule has 2 saturated heterocycles. The lowest BCUT2D eigenvalue weighted by atomic mass is 9.86. The van der Waals surface area contributed by atoms with Crippen molar-refractivity contribution in [3.8, 4) is 0 Å². The van der Waals surface area contributed by atoms with Gasteiger partial charge in [0.1, 0.15) is 0 Å². The van der Waals surface area contributed by atoms with Gasteiger partial charge in [0, 0.05) is 18.5 Å². The first-order valence-corrected chi connectivity index (χ1v) is 8.84. The molecule has 2 bridgehead atoms. The van der Waals surface area contributed by atoms with Gasteiger partial charge < -0.3 is 10.2 Å². The van der Waals surface area contributed by atoms with E-state index >= 15 is 0 Å². The van der Waals surface area contributed by atoms with Gasteiger partial charge in [0.2, 0.25) is 5.91 Å². The van der Waals surface area contributed by atoms with Gasteiger partial charge in [-0.25, -0.2) is 0 Å². The van der Waals surface area contributed by atoms with Crippen LogP contribution in [-0.2, 0) is 4.79 Å². The third-order valence-electron chi connectivity index (χ3n) is 6.52. The van der Waals surface area contributed by atoms with E-state index in [1.807, 2.05) is 0 Å². The van der Waals surface area contributed by atoms with Gasteiger partial charge in [-0.05, 0) is 75.8 Å². The summed E-state index contributed by atoms with van der Waals surface area (Å²) in [6.45, 7) is 3.34. The number of nitrogens with zero attached hydrogens (tertiary/aromatic N) is 1. The largest absolute Gasteiger partial charge is 0.339 e. The maximum atomic E-state index is 13.0. The Bertz CT molecular complexity index is 377. The van der Waals surface area contributed by atoms with Crippen molar-refractivity contribution in [1.29, 1.82) is 0 Å². The summed E-state index contributed by atoms with van der Waals surface area (Å²) in [5.41, 5.74) is 0. The van der Waals surface area contributed by atoms with E-state index in [0.29, 0.717) is 23.8 Å². The number of carbonyl (C=O) groups is 1. The smallest absolute Gasteiger partial charge is 0.226 e. The lowest BCUT2D eigenvalue weighted by molar-refractivity contribution is -0.139. The second-order valence-corrected chi connectivity index (χ2v) is 7.63. The van der Waals surface area contributed by atoms with E-state index in [4.69, 9.17) is 0 Å². The molecule has 1 amide bonds. The molecule has 2 heterocycles. The Morgan fingerprint density at radius 1 is 1.00 bits per heavy atom. The maximum Gasteiger partial charge on any atom is 0.226 e. The van der Waals surface area contributed by atoms with Crippen LogP contribution in [0.1, 0.15) is 51.4 Å². The second-order valence-electron chi connectivity index (χ2n) is 7.63. The van der Waals surface area contributed by atoms with Gasteiger partial charge in [-0.2, -0.15) is 0 Å². The van der Waals surface area contributed by atoms with E-state index in [2.05, 4.69) is 10.2 Å². The predicted molar refractivity (Wildman–Crippen MR) is 79.3 cm³/mol. The molecule has 2 aliphatic heterocycles. The number of piperidine rings is 1. The van der Waals surface area contributed by atoms with Crippen molar-refractivity contribution in [2.45, 2.75) is 57.4 Å². The fraction of sp³-hybridized carbons (Fsp3) is 0.941. The Labute approximate surface area is 122 Å². The predicted octanol–water partition coefficient (Wildman–Crippen LogP) is 2.41. The number of carbonyl (C=O) groups excluding carboxylic acids is 1. The quantitative estimate of drug-likeness (QED) is 0.840. The van der Waals surface area contributed by atoms with E-state index in [1.54, 1.807) is 0 Å². The summed E-state index contributed by atoms with van der Waals surface area (Å²) in [6.07, 6.45) is 10.4. The Morgan fingerprint density at radius 2 is 1.95 bits per heavy atom. The molecule has 0 spiro atoms. The average molecular weight is 276 g/mol. The minimum absolute atomic E-state index is 0.394. The molecule has 112 valence electrons. The number of fused-ring (bicyclic) bond motifs is 2. The number of hydrogen-bond donors (Lipinski definition) is 1. The molecule has 4 rings (SSSR count). The Kier molecular flexibility index (Phi) is 3.49. The van der Waals surface area contributed by atoms with E-state index in [9.17, 15) is 4.79 Å². The minimum Gasteiger partial charge on any atom is -0.339 e. The summed E-state index contributed by atoms with van der Waals surface area (Å²) in [4.78, 5) is 15.3. The summed E-state index contributed by atoms with van der Waals surface area (Å²) >= 11 is 0. The Balaban J connectivity index is 1.44. The highest BCUT2D eigenvalue weighted by Crippen LogP contribution is 2.49. The third kappa shape index (κ3) is 2.18. The van der Waals surface area contributed by atoms with Crippen LogP contribution in [0.15, 0.2) is 0 Å². The van der Waals surface area contributed by atoms with Crippen LogP contribution in [0, 0.1) is 23.7 Å². The fourth-order valence-corrected chi connectivity index (χ4v) is 5.52. The molecule has 5 atom stereocenters. The first-order valence-electron chi connectivity index (χ1n) is 8.84. The zero-order valence-corrected chi connectivity index (χ0v) is 12.5. The average Bonchev–Trinajstić information content (AvgIpc) is 3.23. The van der Waals surface area contributed by atoms with Gasteiger partial charge in [0.05, 0.1) is 0 Å². The van der Waals surface area contributed by atoms with Crippen molar-refractivity contribution < 1.29 is 4.79 Å². The van der Waals surface area contributed by atoms with Crippen molar-refractivity contribution in [1.82, 2.24) is 10.2 Å². The molecule has 1 N–H and O–H groups in total. The summed E-state index contributed by atoms with van der Waals surface area (Å²) in [5, 5.41) is 3.53. The number of amides is 1. The highest BCUT2D eigenvalue weighted by molar-refractivity contribution is 5.80. The lowest BCUT2D eigenvalue weighted by Gasteiger charge is -2.36. The van der Waals surface area contributed by atoms with Crippen LogP contribution in [0.25, 0.3) is 0 Å². The molecule has 0 aromatic heterocycles. The van der Waals surface area contributed by atoms with Gasteiger partial charge in [-0.1, -0.05) is 6.42 Å². The maximum absolute atomic E-state index is 13.0. The number of hydrogen-bond acceptors (Lipinski definition) is 2. The molecule has 2 saturated carbocycles. The minimum atomic E-state index is 0.394. The van der Waals surface area contributed by atoms with Crippen LogP contribution in [-0.4, -0.2) is 36.5 Å². The molecule has 5 unspecified atom stereocenters. The SMILES string of the molecule is O=C(C1CC2CCC1C2)N1CCCC1C1CCCNC1. The summed E-state index contributed by atoms with van der Waals surface area (Å²) in [7, 11) is 0. The van der Waals surface area contributed by atoms with Gasteiger partial charge in [0.15, 0.2) is 0 Å². The van der Waals surface area contributed by atoms with Crippen molar-refractivity contribution in [3.05, 3.63) is 0 Å². The zero-order valence-electron chi connectivity index (χ0n) is 12.5. The molecule has 20 heavy (non-hydrogen) atoms. The first-order chi connectivity index (χ1) is 9.83. The van der Waals surface area contributed by atoms with Crippen molar-refractivity contribution in [3.63, 3.8) is 0 Å². The molecule has 4 fully saturated rings. The second kappa shape index (κ2) is 5.32. The molecule has 4 aliphatic rings. The van der Waals surface area contributed by atoms with Gasteiger partial charge in [-0.15, -0.1) is 0 Å². The number of likely N-dealkylation sites (tertiary alicyclic amines) is 1. The van der Waals surface area contributed by atoms with Crippen LogP contribution in [0.5, 0.6) is 0 Å². The molecular weight excluding hydrogens is 248 g/mol.